The maximum atomic E-state index is 12.5. The van der Waals surface area contributed by atoms with Gasteiger partial charge in [-0.15, -0.1) is 0 Å². The smallest absolute Gasteiger partial charge is 0.220 e. The Morgan fingerprint density at radius 3 is 2.56 bits per heavy atom. The van der Waals surface area contributed by atoms with Gasteiger partial charge in [-0.25, -0.2) is 0 Å². The Hall–Kier alpha value is -0.770. The van der Waals surface area contributed by atoms with Gasteiger partial charge in [0.2, 0.25) is 5.91 Å². The highest BCUT2D eigenvalue weighted by Crippen LogP contribution is 2.62. The predicted molar refractivity (Wildman–Crippen MR) is 99.9 cm³/mol. The third-order valence-corrected chi connectivity index (χ3v) is 7.01. The van der Waals surface area contributed by atoms with Crippen molar-refractivity contribution in [2.75, 3.05) is 6.54 Å². The van der Waals surface area contributed by atoms with E-state index in [0.717, 1.165) is 37.7 Å². The van der Waals surface area contributed by atoms with Crippen molar-refractivity contribution in [2.24, 2.45) is 17.3 Å². The summed E-state index contributed by atoms with van der Waals surface area (Å²) < 4.78 is 0. The molecule has 4 aliphatic rings. The lowest BCUT2D eigenvalue weighted by molar-refractivity contribution is -0.169. The Balaban J connectivity index is 1.32. The number of nitrogens with one attached hydrogen (secondary N) is 1. The summed E-state index contributed by atoms with van der Waals surface area (Å²) in [5.74, 6) is 1.34. The summed E-state index contributed by atoms with van der Waals surface area (Å²) in [4.78, 5) is 12.5. The van der Waals surface area contributed by atoms with E-state index in [-0.39, 0.29) is 11.3 Å². The Kier molecular flexibility index (Phi) is 4.54. The van der Waals surface area contributed by atoms with E-state index in [0.29, 0.717) is 41.3 Å². The maximum Gasteiger partial charge on any atom is 0.220 e. The molecule has 1 aromatic carbocycles. The summed E-state index contributed by atoms with van der Waals surface area (Å²) in [6.07, 6.45) is 7.43. The van der Waals surface area contributed by atoms with Crippen LogP contribution in [0.4, 0.5) is 0 Å². The molecular weight excluding hydrogens is 357 g/mol. The van der Waals surface area contributed by atoms with Crippen molar-refractivity contribution in [3.8, 4) is 0 Å². The van der Waals surface area contributed by atoms with Crippen LogP contribution < -0.4 is 5.32 Å². The summed E-state index contributed by atoms with van der Waals surface area (Å²) >= 11 is 12.1. The lowest BCUT2D eigenvalue weighted by Crippen LogP contribution is -2.56. The average molecular weight is 382 g/mol. The number of hydrogen-bond donors (Lipinski definition) is 2. The third-order valence-electron chi connectivity index (χ3n) is 6.42. The molecule has 0 aromatic heterocycles. The molecule has 5 heteroatoms. The number of carbonyl (C=O) groups is 1. The van der Waals surface area contributed by atoms with Gasteiger partial charge in [-0.05, 0) is 79.9 Å². The molecule has 136 valence electrons. The summed E-state index contributed by atoms with van der Waals surface area (Å²) in [6.45, 7) is 0.577. The molecule has 0 heterocycles. The molecular formula is C20H25Cl2NO2. The fourth-order valence-electron chi connectivity index (χ4n) is 6.07. The van der Waals surface area contributed by atoms with Crippen molar-refractivity contribution >= 4 is 29.1 Å². The first-order valence-corrected chi connectivity index (χ1v) is 10.0. The standard InChI is InChI=1S/C20H25Cl2NO2/c21-16-2-1-15(17(22)6-16)3-4-23-18(24)11-19-7-13-5-14(8-19)10-20(25,9-13)12-19/h1-2,6,13-14,25H,3-5,7-12H2,(H,23,24). The highest BCUT2D eigenvalue weighted by Gasteiger charge is 2.57. The monoisotopic (exact) mass is 381 g/mol. The van der Waals surface area contributed by atoms with Gasteiger partial charge in [-0.3, -0.25) is 4.79 Å². The summed E-state index contributed by atoms with van der Waals surface area (Å²) in [5, 5.41) is 15.1. The van der Waals surface area contributed by atoms with Gasteiger partial charge in [0.05, 0.1) is 5.60 Å². The molecule has 1 amide bonds. The second-order valence-corrected chi connectivity index (χ2v) is 9.54. The number of rotatable bonds is 5. The van der Waals surface area contributed by atoms with Crippen LogP contribution in [0.25, 0.3) is 0 Å². The molecule has 4 bridgehead atoms. The zero-order valence-electron chi connectivity index (χ0n) is 14.4. The number of hydrogen-bond acceptors (Lipinski definition) is 2. The molecule has 4 saturated carbocycles. The fraction of sp³-hybridized carbons (Fsp3) is 0.650. The Labute approximate surface area is 159 Å². The topological polar surface area (TPSA) is 49.3 Å². The maximum absolute atomic E-state index is 12.5. The molecule has 2 atom stereocenters. The van der Waals surface area contributed by atoms with Crippen LogP contribution in [0.3, 0.4) is 0 Å². The first kappa shape index (κ1) is 17.6. The quantitative estimate of drug-likeness (QED) is 0.794. The predicted octanol–water partition coefficient (Wildman–Crippen LogP) is 4.37. The molecule has 1 aromatic rings. The number of aliphatic hydroxyl groups is 1. The van der Waals surface area contributed by atoms with Gasteiger partial charge in [0.25, 0.3) is 0 Å². The van der Waals surface area contributed by atoms with Crippen LogP contribution >= 0.6 is 23.2 Å². The van der Waals surface area contributed by atoms with Crippen molar-refractivity contribution in [3.63, 3.8) is 0 Å². The van der Waals surface area contributed by atoms with Crippen LogP contribution in [0.1, 0.15) is 50.5 Å². The summed E-state index contributed by atoms with van der Waals surface area (Å²) in [5.41, 5.74) is 0.526. The van der Waals surface area contributed by atoms with Crippen LogP contribution in [-0.2, 0) is 11.2 Å². The number of benzene rings is 1. The number of halogens is 2. The van der Waals surface area contributed by atoms with Gasteiger partial charge < -0.3 is 10.4 Å². The number of carbonyl (C=O) groups excluding carboxylic acids is 1. The second-order valence-electron chi connectivity index (χ2n) is 8.70. The molecule has 25 heavy (non-hydrogen) atoms. The average Bonchev–Trinajstić information content (AvgIpc) is 2.46. The van der Waals surface area contributed by atoms with E-state index in [4.69, 9.17) is 23.2 Å². The molecule has 0 radical (unpaired) electrons. The van der Waals surface area contributed by atoms with Crippen molar-refractivity contribution in [3.05, 3.63) is 33.8 Å². The minimum atomic E-state index is -0.499. The van der Waals surface area contributed by atoms with Gasteiger partial charge in [0.1, 0.15) is 0 Å². The van der Waals surface area contributed by atoms with Gasteiger partial charge in [-0.2, -0.15) is 0 Å². The van der Waals surface area contributed by atoms with E-state index >= 15 is 0 Å². The van der Waals surface area contributed by atoms with Crippen LogP contribution in [0, 0.1) is 17.3 Å². The lowest BCUT2D eigenvalue weighted by atomic mass is 9.47. The van der Waals surface area contributed by atoms with Crippen LogP contribution in [0.5, 0.6) is 0 Å². The third kappa shape index (κ3) is 3.70. The first-order valence-electron chi connectivity index (χ1n) is 9.28. The summed E-state index contributed by atoms with van der Waals surface area (Å²) in [7, 11) is 0. The van der Waals surface area contributed by atoms with E-state index < -0.39 is 5.60 Å². The van der Waals surface area contributed by atoms with E-state index in [1.165, 1.54) is 6.42 Å². The zero-order chi connectivity index (χ0) is 17.7. The van der Waals surface area contributed by atoms with Crippen molar-refractivity contribution < 1.29 is 9.90 Å². The van der Waals surface area contributed by atoms with E-state index in [1.807, 2.05) is 12.1 Å². The van der Waals surface area contributed by atoms with Crippen molar-refractivity contribution in [2.45, 2.75) is 57.0 Å². The summed E-state index contributed by atoms with van der Waals surface area (Å²) in [6, 6.07) is 5.46. The molecule has 0 aliphatic heterocycles. The van der Waals surface area contributed by atoms with Crippen molar-refractivity contribution in [1.82, 2.24) is 5.32 Å². The molecule has 4 aliphatic carbocycles. The van der Waals surface area contributed by atoms with E-state index in [9.17, 15) is 9.90 Å². The number of amides is 1. The zero-order valence-corrected chi connectivity index (χ0v) is 15.9. The molecule has 0 saturated heterocycles. The molecule has 2 N–H and O–H groups in total. The SMILES string of the molecule is O=C(CC12CC3CC(CC(O)(C3)C1)C2)NCCc1ccc(Cl)cc1Cl. The Bertz CT molecular complexity index is 676. The normalized spacial score (nSPS) is 35.8. The van der Waals surface area contributed by atoms with Crippen LogP contribution in [-0.4, -0.2) is 23.2 Å². The second kappa shape index (κ2) is 6.44. The highest BCUT2D eigenvalue weighted by molar-refractivity contribution is 6.35. The van der Waals surface area contributed by atoms with Gasteiger partial charge in [-0.1, -0.05) is 29.3 Å². The lowest BCUT2D eigenvalue weighted by Gasteiger charge is -2.60. The van der Waals surface area contributed by atoms with E-state index in [1.54, 1.807) is 6.07 Å². The molecule has 0 spiro atoms. The van der Waals surface area contributed by atoms with Crippen LogP contribution in [0.2, 0.25) is 10.0 Å². The largest absolute Gasteiger partial charge is 0.390 e. The molecule has 5 rings (SSSR count). The minimum absolute atomic E-state index is 0.0286. The Morgan fingerprint density at radius 1 is 1.20 bits per heavy atom. The molecule has 4 fully saturated rings. The van der Waals surface area contributed by atoms with Gasteiger partial charge >= 0.3 is 0 Å². The Morgan fingerprint density at radius 2 is 1.92 bits per heavy atom. The fourth-order valence-corrected chi connectivity index (χ4v) is 6.58. The molecule has 3 nitrogen and oxygen atoms in total. The van der Waals surface area contributed by atoms with Crippen molar-refractivity contribution in [1.29, 1.82) is 0 Å². The highest BCUT2D eigenvalue weighted by atomic mass is 35.5. The minimum Gasteiger partial charge on any atom is -0.390 e. The van der Waals surface area contributed by atoms with Gasteiger partial charge in [0.15, 0.2) is 0 Å². The van der Waals surface area contributed by atoms with Crippen LogP contribution in [0.15, 0.2) is 18.2 Å². The first-order chi connectivity index (χ1) is 11.8. The van der Waals surface area contributed by atoms with E-state index in [2.05, 4.69) is 5.32 Å². The molecule has 2 unspecified atom stereocenters. The van der Waals surface area contributed by atoms with Gasteiger partial charge in [0, 0.05) is 23.0 Å².